The van der Waals surface area contributed by atoms with E-state index in [1.807, 2.05) is 0 Å². The maximum atomic E-state index is 13.3. The van der Waals surface area contributed by atoms with Crippen LogP contribution in [0.15, 0.2) is 18.2 Å². The molecule has 0 aliphatic heterocycles. The fourth-order valence-electron chi connectivity index (χ4n) is 1.35. The van der Waals surface area contributed by atoms with Crippen molar-refractivity contribution in [3.8, 4) is 5.75 Å². The highest BCUT2D eigenvalue weighted by Crippen LogP contribution is 2.14. The average molecular weight is 256 g/mol. The molecule has 2 N–H and O–H groups in total. The Morgan fingerprint density at radius 3 is 2.67 bits per heavy atom. The first kappa shape index (κ1) is 15.0. The van der Waals surface area contributed by atoms with Crippen molar-refractivity contribution in [2.45, 2.75) is 19.8 Å². The molecular weight excluding hydrogens is 238 g/mol. The van der Waals surface area contributed by atoms with E-state index in [1.54, 1.807) is 0 Å². The van der Waals surface area contributed by atoms with E-state index in [0.29, 0.717) is 13.2 Å². The normalized spacial score (nSPS) is 10.4. The van der Waals surface area contributed by atoms with Crippen molar-refractivity contribution in [2.75, 3.05) is 19.8 Å². The number of hydrogen-bond donors (Lipinski definition) is 2. The van der Waals surface area contributed by atoms with Gasteiger partial charge in [-0.1, -0.05) is 19.4 Å². The maximum absolute atomic E-state index is 13.3. The van der Waals surface area contributed by atoms with Crippen molar-refractivity contribution in [2.24, 2.45) is 0 Å². The van der Waals surface area contributed by atoms with Crippen molar-refractivity contribution in [1.82, 2.24) is 0 Å². The summed E-state index contributed by atoms with van der Waals surface area (Å²) in [5, 5.41) is 17.9. The summed E-state index contributed by atoms with van der Waals surface area (Å²) in [6, 6.07) is 3.71. The van der Waals surface area contributed by atoms with Crippen LogP contribution in [0.25, 0.3) is 0 Å². The van der Waals surface area contributed by atoms with Gasteiger partial charge in [-0.25, -0.2) is 4.39 Å². The van der Waals surface area contributed by atoms with E-state index in [0.717, 1.165) is 18.9 Å². The van der Waals surface area contributed by atoms with E-state index >= 15 is 0 Å². The Balaban J connectivity index is 2.39. The van der Waals surface area contributed by atoms with Crippen LogP contribution >= 0.6 is 0 Å². The van der Waals surface area contributed by atoms with Crippen LogP contribution in [0.2, 0.25) is 0 Å². The molecule has 0 fully saturated rings. The summed E-state index contributed by atoms with van der Waals surface area (Å²) in [6.07, 6.45) is 2.05. The molecule has 100 valence electrons. The Bertz CT molecular complexity index is 360. The number of hydrogen-bond acceptors (Lipinski definition) is 4. The van der Waals surface area contributed by atoms with Gasteiger partial charge in [0.2, 0.25) is 0 Å². The van der Waals surface area contributed by atoms with Gasteiger partial charge in [-0.2, -0.15) is 0 Å². The molecular formula is C12H18BFO4. The van der Waals surface area contributed by atoms with Gasteiger partial charge in [0.05, 0.1) is 6.61 Å². The predicted octanol–water partition coefficient (Wildman–Crippen LogP) is 0.701. The van der Waals surface area contributed by atoms with Crippen LogP contribution in [0.1, 0.15) is 19.8 Å². The molecule has 0 aromatic heterocycles. The molecule has 0 amide bonds. The third kappa shape index (κ3) is 5.04. The van der Waals surface area contributed by atoms with Gasteiger partial charge in [0.1, 0.15) is 6.61 Å². The van der Waals surface area contributed by atoms with Crippen LogP contribution in [-0.4, -0.2) is 37.0 Å². The van der Waals surface area contributed by atoms with Crippen LogP contribution in [0, 0.1) is 5.82 Å². The molecule has 0 saturated heterocycles. The van der Waals surface area contributed by atoms with Crippen LogP contribution in [0.5, 0.6) is 5.75 Å². The molecule has 18 heavy (non-hydrogen) atoms. The Hall–Kier alpha value is -1.11. The average Bonchev–Trinajstić information content (AvgIpc) is 2.35. The molecule has 1 aromatic rings. The summed E-state index contributed by atoms with van der Waals surface area (Å²) in [4.78, 5) is 0. The summed E-state index contributed by atoms with van der Waals surface area (Å²) in [5.41, 5.74) is 0.193. The van der Waals surface area contributed by atoms with E-state index in [-0.39, 0.29) is 17.8 Å². The molecule has 0 radical (unpaired) electrons. The molecule has 0 saturated carbocycles. The van der Waals surface area contributed by atoms with E-state index in [1.165, 1.54) is 12.1 Å². The number of rotatable bonds is 8. The van der Waals surface area contributed by atoms with Gasteiger partial charge in [0, 0.05) is 6.61 Å². The SMILES string of the molecule is CCCCOCCOc1cc(B(O)O)ccc1F. The lowest BCUT2D eigenvalue weighted by Gasteiger charge is -2.09. The minimum Gasteiger partial charge on any atom is -0.488 e. The van der Waals surface area contributed by atoms with E-state index < -0.39 is 12.9 Å². The lowest BCUT2D eigenvalue weighted by atomic mass is 9.80. The zero-order valence-electron chi connectivity index (χ0n) is 10.4. The standard InChI is InChI=1S/C12H18BFO4/c1-2-3-6-17-7-8-18-12-9-10(13(15)16)4-5-11(12)14/h4-5,9,15-16H,2-3,6-8H2,1H3. The summed E-state index contributed by atoms with van der Waals surface area (Å²) < 4.78 is 23.8. The van der Waals surface area contributed by atoms with Crippen LogP contribution in [0.4, 0.5) is 4.39 Å². The molecule has 1 aromatic carbocycles. The van der Waals surface area contributed by atoms with Gasteiger partial charge in [0.15, 0.2) is 11.6 Å². The van der Waals surface area contributed by atoms with Gasteiger partial charge in [-0.05, 0) is 24.0 Å². The zero-order chi connectivity index (χ0) is 13.4. The summed E-state index contributed by atoms with van der Waals surface area (Å²) >= 11 is 0. The van der Waals surface area contributed by atoms with Gasteiger partial charge in [0.25, 0.3) is 0 Å². The van der Waals surface area contributed by atoms with E-state index in [2.05, 4.69) is 6.92 Å². The number of unbranched alkanes of at least 4 members (excludes halogenated alkanes) is 1. The zero-order valence-corrected chi connectivity index (χ0v) is 10.4. The highest BCUT2D eigenvalue weighted by atomic mass is 19.1. The van der Waals surface area contributed by atoms with Crippen LogP contribution in [0.3, 0.4) is 0 Å². The maximum Gasteiger partial charge on any atom is 0.488 e. The van der Waals surface area contributed by atoms with Crippen molar-refractivity contribution >= 4 is 12.6 Å². The predicted molar refractivity (Wildman–Crippen MR) is 67.4 cm³/mol. The number of benzene rings is 1. The molecule has 0 spiro atoms. The first-order valence-electron chi connectivity index (χ1n) is 6.01. The third-order valence-electron chi connectivity index (χ3n) is 2.38. The molecule has 4 nitrogen and oxygen atoms in total. The highest BCUT2D eigenvalue weighted by Gasteiger charge is 2.14. The van der Waals surface area contributed by atoms with Gasteiger partial charge in [-0.3, -0.25) is 0 Å². The fraction of sp³-hybridized carbons (Fsp3) is 0.500. The lowest BCUT2D eigenvalue weighted by molar-refractivity contribution is 0.0967. The number of ether oxygens (including phenoxy) is 2. The molecule has 0 unspecified atom stereocenters. The first-order chi connectivity index (χ1) is 8.65. The van der Waals surface area contributed by atoms with Crippen molar-refractivity contribution in [3.05, 3.63) is 24.0 Å². The molecule has 0 atom stereocenters. The largest absolute Gasteiger partial charge is 0.488 e. The monoisotopic (exact) mass is 256 g/mol. The quantitative estimate of drug-likeness (QED) is 0.531. The second kappa shape index (κ2) is 8.08. The van der Waals surface area contributed by atoms with Crippen molar-refractivity contribution in [3.63, 3.8) is 0 Å². The third-order valence-corrected chi connectivity index (χ3v) is 2.38. The summed E-state index contributed by atoms with van der Waals surface area (Å²) in [5.74, 6) is -0.535. The second-order valence-corrected chi connectivity index (χ2v) is 3.88. The number of halogens is 1. The smallest absolute Gasteiger partial charge is 0.488 e. The highest BCUT2D eigenvalue weighted by molar-refractivity contribution is 6.58. The van der Waals surface area contributed by atoms with Gasteiger partial charge in [-0.15, -0.1) is 0 Å². The fourth-order valence-corrected chi connectivity index (χ4v) is 1.35. The van der Waals surface area contributed by atoms with Crippen LogP contribution in [-0.2, 0) is 4.74 Å². The van der Waals surface area contributed by atoms with E-state index in [4.69, 9.17) is 19.5 Å². The second-order valence-electron chi connectivity index (χ2n) is 3.88. The molecule has 1 rings (SSSR count). The molecule has 0 aliphatic rings. The minimum absolute atomic E-state index is 0.000286. The molecule has 0 heterocycles. The Morgan fingerprint density at radius 1 is 1.22 bits per heavy atom. The lowest BCUT2D eigenvalue weighted by Crippen LogP contribution is -2.30. The Kier molecular flexibility index (Phi) is 6.71. The molecule has 6 heteroatoms. The molecule has 0 aliphatic carbocycles. The Morgan fingerprint density at radius 2 is 2.00 bits per heavy atom. The van der Waals surface area contributed by atoms with E-state index in [9.17, 15) is 4.39 Å². The van der Waals surface area contributed by atoms with Crippen molar-refractivity contribution < 1.29 is 23.9 Å². The minimum atomic E-state index is -1.63. The Labute approximate surface area is 106 Å². The molecule has 0 bridgehead atoms. The summed E-state index contributed by atoms with van der Waals surface area (Å²) in [7, 11) is -1.63. The topological polar surface area (TPSA) is 58.9 Å². The first-order valence-corrected chi connectivity index (χ1v) is 6.01. The van der Waals surface area contributed by atoms with Gasteiger partial charge < -0.3 is 19.5 Å². The van der Waals surface area contributed by atoms with Gasteiger partial charge >= 0.3 is 7.12 Å². The van der Waals surface area contributed by atoms with Crippen molar-refractivity contribution in [1.29, 1.82) is 0 Å². The van der Waals surface area contributed by atoms with Crippen LogP contribution < -0.4 is 10.2 Å². The summed E-state index contributed by atoms with van der Waals surface area (Å²) in [6.45, 7) is 3.34.